The largest absolute Gasteiger partial charge is 0.125 e. The van der Waals surface area contributed by atoms with Crippen LogP contribution in [0.5, 0.6) is 0 Å². The molecular formula is C5H15PSi. The molecule has 0 aliphatic rings. The highest BCUT2D eigenvalue weighted by Crippen LogP contribution is 2.37. The van der Waals surface area contributed by atoms with Gasteiger partial charge < -0.3 is 0 Å². The zero-order chi connectivity index (χ0) is 6.08. The summed E-state index contributed by atoms with van der Waals surface area (Å²) in [6.07, 6.45) is 0. The molecule has 0 atom stereocenters. The van der Waals surface area contributed by atoms with E-state index < -0.39 is 7.74 Å². The predicted octanol–water partition coefficient (Wildman–Crippen LogP) is 2.56. The third-order valence-electron chi connectivity index (χ3n) is 1.34. The van der Waals surface area contributed by atoms with E-state index in [1.165, 1.54) is 0 Å². The van der Waals surface area contributed by atoms with Gasteiger partial charge in [0.1, 0.15) is 0 Å². The molecule has 7 heavy (non-hydrogen) atoms. The highest BCUT2D eigenvalue weighted by Gasteiger charge is 2.16. The minimum atomic E-state index is -0.670. The van der Waals surface area contributed by atoms with Crippen LogP contribution in [0.15, 0.2) is 0 Å². The maximum atomic E-state index is 2.43. The van der Waals surface area contributed by atoms with Gasteiger partial charge in [-0.3, -0.25) is 0 Å². The lowest BCUT2D eigenvalue weighted by Crippen LogP contribution is -2.15. The SMILES string of the molecule is CP(C)[Si](C)(C)C. The lowest BCUT2D eigenvalue weighted by atomic mass is 11.8. The molecule has 0 N–H and O–H groups in total. The zero-order valence-corrected chi connectivity index (χ0v) is 7.84. The molecule has 0 fully saturated rings. The van der Waals surface area contributed by atoms with Gasteiger partial charge in [0.25, 0.3) is 0 Å². The van der Waals surface area contributed by atoms with E-state index in [1.807, 2.05) is 0 Å². The molecule has 0 amide bonds. The van der Waals surface area contributed by atoms with E-state index in [1.54, 1.807) is 0 Å². The van der Waals surface area contributed by atoms with Crippen LogP contribution in [-0.2, 0) is 0 Å². The Hall–Kier alpha value is 0.647. The fourth-order valence-electron chi connectivity index (χ4n) is 0. The minimum absolute atomic E-state index is 0.397. The van der Waals surface area contributed by atoms with Gasteiger partial charge in [-0.05, 0) is 13.3 Å². The van der Waals surface area contributed by atoms with Crippen molar-refractivity contribution >= 4 is 15.2 Å². The second-order valence-corrected chi connectivity index (χ2v) is 15.9. The van der Waals surface area contributed by atoms with Crippen LogP contribution in [-0.4, -0.2) is 21.1 Å². The molecule has 0 spiro atoms. The fourth-order valence-corrected chi connectivity index (χ4v) is 0. The lowest BCUT2D eigenvalue weighted by Gasteiger charge is -2.20. The van der Waals surface area contributed by atoms with E-state index in [0.29, 0.717) is 7.47 Å². The van der Waals surface area contributed by atoms with Crippen molar-refractivity contribution in [3.8, 4) is 0 Å². The van der Waals surface area contributed by atoms with Gasteiger partial charge in [-0.1, -0.05) is 19.6 Å². The van der Waals surface area contributed by atoms with Gasteiger partial charge >= 0.3 is 0 Å². The van der Waals surface area contributed by atoms with Crippen molar-refractivity contribution < 1.29 is 0 Å². The first kappa shape index (κ1) is 7.65. The molecule has 0 aliphatic heterocycles. The molecule has 0 aliphatic carbocycles. The van der Waals surface area contributed by atoms with Crippen molar-refractivity contribution in [2.24, 2.45) is 0 Å². The van der Waals surface area contributed by atoms with Crippen LogP contribution in [0.3, 0.4) is 0 Å². The Morgan fingerprint density at radius 3 is 1.14 bits per heavy atom. The maximum Gasteiger partial charge on any atom is 0.0713 e. The molecule has 0 aromatic rings. The standard InChI is InChI=1S/C5H15PSi/c1-6(2)7(3,4)5/h1-5H3. The van der Waals surface area contributed by atoms with Crippen molar-refractivity contribution in [2.75, 3.05) is 13.3 Å². The lowest BCUT2D eigenvalue weighted by molar-refractivity contribution is 1.85. The van der Waals surface area contributed by atoms with E-state index in [2.05, 4.69) is 33.0 Å². The smallest absolute Gasteiger partial charge is 0.0713 e. The summed E-state index contributed by atoms with van der Waals surface area (Å²) in [6.45, 7) is 12.0. The Labute approximate surface area is 48.9 Å². The predicted molar refractivity (Wildman–Crippen MR) is 42.1 cm³/mol. The molecular weight excluding hydrogens is 119 g/mol. The first-order valence-corrected chi connectivity index (χ1v) is 9.20. The zero-order valence-electron chi connectivity index (χ0n) is 5.95. The van der Waals surface area contributed by atoms with Crippen molar-refractivity contribution in [1.82, 2.24) is 0 Å². The summed E-state index contributed by atoms with van der Waals surface area (Å²) in [6, 6.07) is 0. The Morgan fingerprint density at radius 1 is 1.00 bits per heavy atom. The molecule has 0 radical (unpaired) electrons. The fraction of sp³-hybridized carbons (Fsp3) is 1.00. The summed E-state index contributed by atoms with van der Waals surface area (Å²) in [5, 5.41) is 0. The molecule has 0 aromatic heterocycles. The number of hydrogen-bond donors (Lipinski definition) is 0. The molecule has 0 bridgehead atoms. The van der Waals surface area contributed by atoms with Gasteiger partial charge in [0, 0.05) is 0 Å². The van der Waals surface area contributed by atoms with Crippen molar-refractivity contribution in [1.29, 1.82) is 0 Å². The van der Waals surface area contributed by atoms with Gasteiger partial charge in [-0.15, -0.1) is 7.47 Å². The Balaban J connectivity index is 3.54. The molecule has 44 valence electrons. The highest BCUT2D eigenvalue weighted by molar-refractivity contribution is 7.93. The highest BCUT2D eigenvalue weighted by atomic mass is 31.4. The van der Waals surface area contributed by atoms with Crippen LogP contribution in [0, 0.1) is 0 Å². The molecule has 0 saturated carbocycles. The normalized spacial score (nSPS) is 12.9. The molecule has 0 unspecified atom stereocenters. The maximum absolute atomic E-state index is 2.43. The number of rotatable bonds is 1. The van der Waals surface area contributed by atoms with Crippen molar-refractivity contribution in [3.63, 3.8) is 0 Å². The Morgan fingerprint density at radius 2 is 1.14 bits per heavy atom. The van der Waals surface area contributed by atoms with Crippen LogP contribution < -0.4 is 0 Å². The van der Waals surface area contributed by atoms with Gasteiger partial charge in [-0.2, -0.15) is 0 Å². The first-order valence-electron chi connectivity index (χ1n) is 2.62. The van der Waals surface area contributed by atoms with Crippen LogP contribution in [0.1, 0.15) is 0 Å². The van der Waals surface area contributed by atoms with Gasteiger partial charge in [0.2, 0.25) is 0 Å². The van der Waals surface area contributed by atoms with Gasteiger partial charge in [0.15, 0.2) is 0 Å². The summed E-state index contributed by atoms with van der Waals surface area (Å²) in [7, 11) is -0.272. The van der Waals surface area contributed by atoms with Crippen LogP contribution in [0.4, 0.5) is 0 Å². The molecule has 0 heterocycles. The second-order valence-electron chi connectivity index (χ2n) is 3.07. The van der Waals surface area contributed by atoms with Gasteiger partial charge in [-0.25, -0.2) is 0 Å². The van der Waals surface area contributed by atoms with E-state index in [4.69, 9.17) is 0 Å². The first-order chi connectivity index (χ1) is 2.94. The average molecular weight is 134 g/mol. The van der Waals surface area contributed by atoms with Crippen LogP contribution >= 0.6 is 7.47 Å². The van der Waals surface area contributed by atoms with Crippen LogP contribution in [0.25, 0.3) is 0 Å². The Kier molecular flexibility index (Phi) is 2.49. The molecule has 0 nitrogen and oxygen atoms in total. The minimum Gasteiger partial charge on any atom is -0.125 e. The molecule has 0 saturated heterocycles. The summed E-state index contributed by atoms with van der Waals surface area (Å²) < 4.78 is 0. The topological polar surface area (TPSA) is 0 Å². The van der Waals surface area contributed by atoms with E-state index >= 15 is 0 Å². The quantitative estimate of drug-likeness (QED) is 0.382. The summed E-state index contributed by atoms with van der Waals surface area (Å²) in [4.78, 5) is 0. The van der Waals surface area contributed by atoms with Crippen molar-refractivity contribution in [2.45, 2.75) is 19.6 Å². The average Bonchev–Trinajstić information content (AvgIpc) is 1.31. The van der Waals surface area contributed by atoms with E-state index in [9.17, 15) is 0 Å². The third kappa shape index (κ3) is 3.25. The third-order valence-corrected chi connectivity index (χ3v) is 12.1. The summed E-state index contributed by atoms with van der Waals surface area (Å²) in [5.41, 5.74) is 0. The van der Waals surface area contributed by atoms with Crippen LogP contribution in [0.2, 0.25) is 19.6 Å². The molecule has 2 heteroatoms. The van der Waals surface area contributed by atoms with E-state index in [0.717, 1.165) is 0 Å². The second kappa shape index (κ2) is 2.28. The van der Waals surface area contributed by atoms with Gasteiger partial charge in [0.05, 0.1) is 7.74 Å². The molecule has 0 aromatic carbocycles. The summed E-state index contributed by atoms with van der Waals surface area (Å²) in [5.74, 6) is 0. The number of hydrogen-bond acceptors (Lipinski definition) is 0. The van der Waals surface area contributed by atoms with Crippen molar-refractivity contribution in [3.05, 3.63) is 0 Å². The Bertz CT molecular complexity index is 53.6. The van der Waals surface area contributed by atoms with E-state index in [-0.39, 0.29) is 0 Å². The molecule has 0 rings (SSSR count). The summed E-state index contributed by atoms with van der Waals surface area (Å²) >= 11 is 0. The monoisotopic (exact) mass is 134 g/mol.